The monoisotopic (exact) mass is 611 g/mol. The fourth-order valence-corrected chi connectivity index (χ4v) is 9.08. The number of fused-ring (bicyclic) bond motifs is 10. The number of thiophene rings is 2. The number of aromatic nitrogens is 1. The van der Waals surface area contributed by atoms with Crippen LogP contribution in [0.1, 0.15) is 5.56 Å². The minimum Gasteiger partial charge on any atom is -0.309 e. The van der Waals surface area contributed by atoms with Crippen molar-refractivity contribution in [3.8, 4) is 11.1 Å². The van der Waals surface area contributed by atoms with Gasteiger partial charge in [-0.1, -0.05) is 103 Å². The summed E-state index contributed by atoms with van der Waals surface area (Å²) in [5, 5.41) is 15.5. The molecule has 0 unspecified atom stereocenters. The van der Waals surface area contributed by atoms with E-state index in [2.05, 4.69) is 132 Å². The Balaban J connectivity index is 1.30. The van der Waals surface area contributed by atoms with E-state index in [0.29, 0.717) is 0 Å². The Labute approximate surface area is 267 Å². The molecule has 0 saturated carbocycles. The van der Waals surface area contributed by atoms with E-state index in [1.165, 1.54) is 68.5 Å². The summed E-state index contributed by atoms with van der Waals surface area (Å²) in [4.78, 5) is 5.13. The predicted octanol–water partition coefficient (Wildman–Crippen LogP) is 11.8. The van der Waals surface area contributed by atoms with E-state index in [-0.39, 0.29) is 0 Å². The standard InChI is InChI=1S/C40H25N3S2/c41-22-21-33(31-14-8-13-29-27-11-4-6-15-36(27)44-39(29)31)42-24-43-34-20-19-30-28-12-5-7-16-37(28)45-40(30)38(34)32-18-17-26(23-35(32)43)25-9-2-1-3-10-25/h1-24,41H/b33-21-,41-22?,42-24?. The van der Waals surface area contributed by atoms with Crippen molar-refractivity contribution in [1.29, 1.82) is 5.41 Å². The van der Waals surface area contributed by atoms with Crippen molar-refractivity contribution in [2.24, 2.45) is 4.99 Å². The Morgan fingerprint density at radius 2 is 1.24 bits per heavy atom. The number of hydrogen-bond donors (Lipinski definition) is 1. The van der Waals surface area contributed by atoms with E-state index >= 15 is 0 Å². The number of hydrogen-bond acceptors (Lipinski definition) is 4. The van der Waals surface area contributed by atoms with E-state index in [4.69, 9.17) is 10.4 Å². The molecule has 1 N–H and O–H groups in total. The molecule has 45 heavy (non-hydrogen) atoms. The first-order valence-corrected chi connectivity index (χ1v) is 16.5. The van der Waals surface area contributed by atoms with E-state index in [0.717, 1.165) is 22.3 Å². The van der Waals surface area contributed by atoms with Gasteiger partial charge in [0.05, 0.1) is 16.7 Å². The van der Waals surface area contributed by atoms with Gasteiger partial charge in [0.15, 0.2) is 0 Å². The molecule has 0 spiro atoms. The van der Waals surface area contributed by atoms with E-state index in [1.807, 2.05) is 17.7 Å². The molecule has 3 heterocycles. The number of benzene rings is 6. The third-order valence-corrected chi connectivity index (χ3v) is 11.1. The summed E-state index contributed by atoms with van der Waals surface area (Å²) in [6, 6.07) is 45.4. The second kappa shape index (κ2) is 10.4. The average molecular weight is 612 g/mol. The third kappa shape index (κ3) is 4.09. The summed E-state index contributed by atoms with van der Waals surface area (Å²) in [6.45, 7) is 0. The maximum absolute atomic E-state index is 8.00. The van der Waals surface area contributed by atoms with Crippen LogP contribution >= 0.6 is 22.7 Å². The number of aliphatic imine (C=N–C) groups is 1. The molecule has 0 radical (unpaired) electrons. The van der Waals surface area contributed by atoms with Crippen LogP contribution in [0.3, 0.4) is 0 Å². The molecule has 6 aromatic carbocycles. The maximum atomic E-state index is 8.00. The largest absolute Gasteiger partial charge is 0.309 e. The van der Waals surface area contributed by atoms with Gasteiger partial charge in [-0.3, -0.25) is 4.57 Å². The molecule has 0 aliphatic heterocycles. The van der Waals surface area contributed by atoms with Crippen LogP contribution in [0.25, 0.3) is 79.0 Å². The molecule has 212 valence electrons. The highest BCUT2D eigenvalue weighted by Crippen LogP contribution is 2.43. The first-order chi connectivity index (χ1) is 22.3. The predicted molar refractivity (Wildman–Crippen MR) is 198 cm³/mol. The van der Waals surface area contributed by atoms with Crippen LogP contribution < -0.4 is 0 Å². The van der Waals surface area contributed by atoms with Crippen LogP contribution in [0.4, 0.5) is 0 Å². The molecule has 0 fully saturated rings. The van der Waals surface area contributed by atoms with E-state index in [1.54, 1.807) is 17.4 Å². The highest BCUT2D eigenvalue weighted by molar-refractivity contribution is 7.27. The van der Waals surface area contributed by atoms with Crippen LogP contribution in [0.2, 0.25) is 0 Å². The Morgan fingerprint density at radius 3 is 2.02 bits per heavy atom. The Kier molecular flexibility index (Phi) is 6.01. The smallest absolute Gasteiger partial charge is 0.100 e. The van der Waals surface area contributed by atoms with Gasteiger partial charge in [-0.05, 0) is 41.5 Å². The zero-order valence-corrected chi connectivity index (χ0v) is 25.7. The lowest BCUT2D eigenvalue weighted by atomic mass is 10.0. The summed E-state index contributed by atoms with van der Waals surface area (Å²) in [6.07, 6.45) is 5.07. The Morgan fingerprint density at radius 1 is 0.578 bits per heavy atom. The summed E-state index contributed by atoms with van der Waals surface area (Å²) in [5.41, 5.74) is 6.37. The lowest BCUT2D eigenvalue weighted by Crippen LogP contribution is -1.96. The highest BCUT2D eigenvalue weighted by Gasteiger charge is 2.17. The molecule has 3 aromatic heterocycles. The normalized spacial score (nSPS) is 12.6. The molecular formula is C40H25N3S2. The summed E-state index contributed by atoms with van der Waals surface area (Å²) in [5.74, 6) is 0. The quantitative estimate of drug-likeness (QED) is 0.149. The van der Waals surface area contributed by atoms with Gasteiger partial charge in [0.1, 0.15) is 6.34 Å². The SMILES string of the molecule is N=C/C=C(\N=Cn1c2cc(-c3ccccc3)ccc2c2c3sc4ccccc4c3ccc21)c1cccc2c1sc1ccccc12. The van der Waals surface area contributed by atoms with Gasteiger partial charge in [0.2, 0.25) is 0 Å². The Hall–Kier alpha value is -5.36. The van der Waals surface area contributed by atoms with Gasteiger partial charge in [-0.25, -0.2) is 4.99 Å². The van der Waals surface area contributed by atoms with Crippen molar-refractivity contribution in [1.82, 2.24) is 4.57 Å². The molecule has 0 atom stereocenters. The highest BCUT2D eigenvalue weighted by atomic mass is 32.1. The maximum Gasteiger partial charge on any atom is 0.100 e. The number of nitrogens with zero attached hydrogens (tertiary/aromatic N) is 2. The first-order valence-electron chi connectivity index (χ1n) is 14.9. The number of nitrogens with one attached hydrogen (secondary N) is 1. The molecule has 0 aliphatic carbocycles. The number of allylic oxidation sites excluding steroid dienone is 1. The molecule has 9 aromatic rings. The van der Waals surface area contributed by atoms with E-state index < -0.39 is 0 Å². The summed E-state index contributed by atoms with van der Waals surface area (Å²) in [7, 11) is 0. The molecule has 0 saturated heterocycles. The topological polar surface area (TPSA) is 41.1 Å². The lowest BCUT2D eigenvalue weighted by molar-refractivity contribution is 1.31. The van der Waals surface area contributed by atoms with Gasteiger partial charge in [0.25, 0.3) is 0 Å². The van der Waals surface area contributed by atoms with E-state index in [9.17, 15) is 0 Å². The van der Waals surface area contributed by atoms with Crippen LogP contribution in [0.5, 0.6) is 0 Å². The molecule has 3 nitrogen and oxygen atoms in total. The molecule has 0 bridgehead atoms. The van der Waals surface area contributed by atoms with Crippen molar-refractivity contribution in [2.45, 2.75) is 0 Å². The van der Waals surface area contributed by atoms with Gasteiger partial charge in [0, 0.05) is 62.9 Å². The fraction of sp³-hybridized carbons (Fsp3) is 0. The van der Waals surface area contributed by atoms with Crippen LogP contribution in [-0.2, 0) is 0 Å². The van der Waals surface area contributed by atoms with Crippen molar-refractivity contribution in [3.05, 3.63) is 139 Å². The third-order valence-electron chi connectivity index (χ3n) is 8.65. The van der Waals surface area contributed by atoms with Crippen molar-refractivity contribution in [3.63, 3.8) is 0 Å². The van der Waals surface area contributed by atoms with Crippen LogP contribution in [0, 0.1) is 5.41 Å². The Bertz CT molecular complexity index is 2670. The zero-order valence-electron chi connectivity index (χ0n) is 24.1. The van der Waals surface area contributed by atoms with Crippen LogP contribution in [0.15, 0.2) is 138 Å². The van der Waals surface area contributed by atoms with Gasteiger partial charge >= 0.3 is 0 Å². The summed E-state index contributed by atoms with van der Waals surface area (Å²) >= 11 is 3.63. The molecular weight excluding hydrogens is 587 g/mol. The van der Waals surface area contributed by atoms with Gasteiger partial charge < -0.3 is 5.41 Å². The zero-order chi connectivity index (χ0) is 29.9. The first kappa shape index (κ1) is 26.1. The van der Waals surface area contributed by atoms with Crippen molar-refractivity contribution < 1.29 is 0 Å². The summed E-state index contributed by atoms with van der Waals surface area (Å²) < 4.78 is 7.25. The average Bonchev–Trinajstić information content (AvgIpc) is 3.76. The molecule has 5 heteroatoms. The lowest BCUT2D eigenvalue weighted by Gasteiger charge is -2.06. The fourth-order valence-electron chi connectivity index (χ4n) is 6.60. The van der Waals surface area contributed by atoms with Crippen molar-refractivity contribution in [2.75, 3.05) is 0 Å². The van der Waals surface area contributed by atoms with Crippen LogP contribution in [-0.4, -0.2) is 17.1 Å². The minimum absolute atomic E-state index is 0.763. The number of rotatable bonds is 5. The second-order valence-corrected chi connectivity index (χ2v) is 13.3. The van der Waals surface area contributed by atoms with Gasteiger partial charge in [-0.2, -0.15) is 0 Å². The van der Waals surface area contributed by atoms with Gasteiger partial charge in [-0.15, -0.1) is 22.7 Å². The molecule has 0 aliphatic rings. The molecule has 0 amide bonds. The molecule has 9 rings (SSSR count). The second-order valence-electron chi connectivity index (χ2n) is 11.1. The van der Waals surface area contributed by atoms with Crippen molar-refractivity contribution >= 4 is 103 Å². The minimum atomic E-state index is 0.763.